The van der Waals surface area contributed by atoms with E-state index < -0.39 is 0 Å². The number of para-hydroxylation sites is 2. The maximum absolute atomic E-state index is 13.9. The van der Waals surface area contributed by atoms with Gasteiger partial charge in [-0.25, -0.2) is 0 Å². The summed E-state index contributed by atoms with van der Waals surface area (Å²) in [4.78, 5) is 13.9. The largest absolute Gasteiger partial charge is 0.276 e. The normalized spacial score (nSPS) is 10.9. The van der Waals surface area contributed by atoms with Gasteiger partial charge in [0, 0.05) is 16.6 Å². The van der Waals surface area contributed by atoms with Crippen molar-refractivity contribution < 1.29 is 0 Å². The van der Waals surface area contributed by atoms with E-state index in [-0.39, 0.29) is 5.56 Å². The molecule has 1 heterocycles. The second kappa shape index (κ2) is 7.25. The molecule has 29 heavy (non-hydrogen) atoms. The molecule has 0 bridgehead atoms. The fraction of sp³-hybridized carbons (Fsp3) is 0. The van der Waals surface area contributed by atoms with Crippen LogP contribution in [-0.2, 0) is 0 Å². The van der Waals surface area contributed by atoms with E-state index in [2.05, 4.69) is 18.2 Å². The van der Waals surface area contributed by atoms with Crippen LogP contribution in [0.15, 0.2) is 120 Å². The first-order valence-electron chi connectivity index (χ1n) is 9.68. The van der Waals surface area contributed by atoms with Crippen LogP contribution in [0.1, 0.15) is 0 Å². The summed E-state index contributed by atoms with van der Waals surface area (Å²) in [6, 6.07) is 38.1. The predicted molar refractivity (Wildman–Crippen MR) is 120 cm³/mol. The van der Waals surface area contributed by atoms with Gasteiger partial charge < -0.3 is 0 Å². The molecule has 2 nitrogen and oxygen atoms in total. The number of hydrogen-bond acceptors (Lipinski definition) is 1. The molecule has 0 aliphatic carbocycles. The quantitative estimate of drug-likeness (QED) is 0.362. The number of nitrogens with zero attached hydrogens (tertiary/aromatic N) is 1. The summed E-state index contributed by atoms with van der Waals surface area (Å²) in [5.41, 5.74) is 5.42. The average molecular weight is 373 g/mol. The maximum Gasteiger partial charge on any atom is 0.264 e. The van der Waals surface area contributed by atoms with Crippen molar-refractivity contribution in [2.45, 2.75) is 0 Å². The predicted octanol–water partition coefficient (Wildman–Crippen LogP) is 6.32. The van der Waals surface area contributed by atoms with Gasteiger partial charge in [0.05, 0.1) is 11.1 Å². The van der Waals surface area contributed by atoms with Crippen LogP contribution in [0.5, 0.6) is 0 Å². The third-order valence-corrected chi connectivity index (χ3v) is 5.22. The Morgan fingerprint density at radius 1 is 0.483 bits per heavy atom. The van der Waals surface area contributed by atoms with Gasteiger partial charge in [0.2, 0.25) is 0 Å². The first-order valence-corrected chi connectivity index (χ1v) is 9.68. The van der Waals surface area contributed by atoms with Gasteiger partial charge >= 0.3 is 0 Å². The van der Waals surface area contributed by atoms with Crippen LogP contribution in [0.25, 0.3) is 38.8 Å². The number of rotatable bonds is 3. The molecule has 0 unspecified atom stereocenters. The summed E-state index contributed by atoms with van der Waals surface area (Å²) < 4.78 is 1.82. The molecular formula is C27H19NO. The van der Waals surface area contributed by atoms with Crippen LogP contribution in [0.4, 0.5) is 0 Å². The average Bonchev–Trinajstić information content (AvgIpc) is 2.80. The van der Waals surface area contributed by atoms with Crippen LogP contribution >= 0.6 is 0 Å². The summed E-state index contributed by atoms with van der Waals surface area (Å²) in [5, 5.41) is 1.06. The second-order valence-electron chi connectivity index (χ2n) is 6.98. The minimum Gasteiger partial charge on any atom is -0.276 e. The van der Waals surface area contributed by atoms with Gasteiger partial charge in [-0.15, -0.1) is 0 Å². The Balaban J connectivity index is 2.00. The monoisotopic (exact) mass is 373 g/mol. The smallest absolute Gasteiger partial charge is 0.264 e. The molecule has 0 radical (unpaired) electrons. The first kappa shape index (κ1) is 17.2. The Labute approximate surface area is 169 Å². The molecule has 0 saturated carbocycles. The number of fused-ring (bicyclic) bond motifs is 1. The van der Waals surface area contributed by atoms with Crippen LogP contribution in [0.3, 0.4) is 0 Å². The molecule has 0 fully saturated rings. The highest BCUT2D eigenvalue weighted by molar-refractivity contribution is 6.02. The standard InChI is InChI=1S/C27H19NO/c29-27-26(21-14-6-2-7-15-21)25(20-12-4-1-5-13-20)23-18-10-11-19-24(23)28(27)22-16-8-3-9-17-22/h1-19H. The lowest BCUT2D eigenvalue weighted by Crippen LogP contribution is -2.22. The molecule has 0 aliphatic heterocycles. The van der Waals surface area contributed by atoms with E-state index in [9.17, 15) is 4.79 Å². The molecule has 0 aliphatic rings. The van der Waals surface area contributed by atoms with Gasteiger partial charge in [0.25, 0.3) is 5.56 Å². The third-order valence-electron chi connectivity index (χ3n) is 5.22. The summed E-state index contributed by atoms with van der Waals surface area (Å²) in [6.45, 7) is 0. The summed E-state index contributed by atoms with van der Waals surface area (Å²) >= 11 is 0. The van der Waals surface area contributed by atoms with Crippen LogP contribution in [0.2, 0.25) is 0 Å². The molecular weight excluding hydrogens is 354 g/mol. The van der Waals surface area contributed by atoms with E-state index in [1.165, 1.54) is 0 Å². The zero-order valence-corrected chi connectivity index (χ0v) is 15.8. The fourth-order valence-corrected chi connectivity index (χ4v) is 3.95. The van der Waals surface area contributed by atoms with Crippen molar-refractivity contribution in [2.24, 2.45) is 0 Å². The Morgan fingerprint density at radius 3 is 1.59 bits per heavy atom. The van der Waals surface area contributed by atoms with E-state index in [0.717, 1.165) is 38.8 Å². The van der Waals surface area contributed by atoms with Crippen molar-refractivity contribution in [3.05, 3.63) is 126 Å². The molecule has 138 valence electrons. The molecule has 0 amide bonds. The van der Waals surface area contributed by atoms with E-state index in [1.807, 2.05) is 102 Å². The highest BCUT2D eigenvalue weighted by Gasteiger charge is 2.19. The second-order valence-corrected chi connectivity index (χ2v) is 6.98. The van der Waals surface area contributed by atoms with Crippen molar-refractivity contribution in [3.63, 3.8) is 0 Å². The fourth-order valence-electron chi connectivity index (χ4n) is 3.95. The SMILES string of the molecule is O=c1c(-c2ccccc2)c(-c2ccccc2)c2ccccc2n1-c1ccccc1. The van der Waals surface area contributed by atoms with Crippen molar-refractivity contribution in [1.82, 2.24) is 4.57 Å². The highest BCUT2D eigenvalue weighted by atomic mass is 16.1. The Morgan fingerprint density at radius 2 is 0.966 bits per heavy atom. The lowest BCUT2D eigenvalue weighted by Gasteiger charge is -2.18. The van der Waals surface area contributed by atoms with Gasteiger partial charge in [0.1, 0.15) is 0 Å². The van der Waals surface area contributed by atoms with Crippen LogP contribution in [0, 0.1) is 0 Å². The lowest BCUT2D eigenvalue weighted by atomic mass is 9.92. The minimum absolute atomic E-state index is 0.0139. The number of aromatic nitrogens is 1. The molecule has 0 atom stereocenters. The van der Waals surface area contributed by atoms with Crippen molar-refractivity contribution >= 4 is 10.9 Å². The van der Waals surface area contributed by atoms with E-state index in [0.29, 0.717) is 0 Å². The summed E-state index contributed by atoms with van der Waals surface area (Å²) in [6.07, 6.45) is 0. The van der Waals surface area contributed by atoms with E-state index in [4.69, 9.17) is 0 Å². The van der Waals surface area contributed by atoms with Crippen LogP contribution in [-0.4, -0.2) is 4.57 Å². The summed E-state index contributed by atoms with van der Waals surface area (Å²) in [5.74, 6) is 0. The molecule has 0 N–H and O–H groups in total. The van der Waals surface area contributed by atoms with Gasteiger partial charge in [-0.05, 0) is 29.3 Å². The molecule has 0 saturated heterocycles. The molecule has 0 spiro atoms. The van der Waals surface area contributed by atoms with E-state index >= 15 is 0 Å². The molecule has 5 rings (SSSR count). The lowest BCUT2D eigenvalue weighted by molar-refractivity contribution is 1.05. The zero-order chi connectivity index (χ0) is 19.6. The number of benzene rings is 4. The van der Waals surface area contributed by atoms with Crippen molar-refractivity contribution in [3.8, 4) is 27.9 Å². The Hall–Kier alpha value is -3.91. The van der Waals surface area contributed by atoms with Gasteiger partial charge in [-0.2, -0.15) is 0 Å². The molecule has 2 heteroatoms. The van der Waals surface area contributed by atoms with Gasteiger partial charge in [-0.1, -0.05) is 97.1 Å². The zero-order valence-electron chi connectivity index (χ0n) is 15.8. The first-order chi connectivity index (χ1) is 14.3. The van der Waals surface area contributed by atoms with Gasteiger partial charge in [-0.3, -0.25) is 9.36 Å². The van der Waals surface area contributed by atoms with Crippen molar-refractivity contribution in [2.75, 3.05) is 0 Å². The highest BCUT2D eigenvalue weighted by Crippen LogP contribution is 2.36. The van der Waals surface area contributed by atoms with E-state index in [1.54, 1.807) is 0 Å². The Bertz CT molecular complexity index is 1340. The molecule has 4 aromatic carbocycles. The maximum atomic E-state index is 13.9. The Kier molecular flexibility index (Phi) is 4.30. The minimum atomic E-state index is -0.0139. The summed E-state index contributed by atoms with van der Waals surface area (Å²) in [7, 11) is 0. The topological polar surface area (TPSA) is 22.0 Å². The number of pyridine rings is 1. The number of hydrogen-bond donors (Lipinski definition) is 0. The molecule has 5 aromatic rings. The van der Waals surface area contributed by atoms with Crippen molar-refractivity contribution in [1.29, 1.82) is 0 Å². The van der Waals surface area contributed by atoms with Crippen LogP contribution < -0.4 is 5.56 Å². The third kappa shape index (κ3) is 2.95. The molecule has 1 aromatic heterocycles. The van der Waals surface area contributed by atoms with Gasteiger partial charge in [0.15, 0.2) is 0 Å².